The Morgan fingerprint density at radius 2 is 1.85 bits per heavy atom. The molecule has 1 aromatic carbocycles. The minimum absolute atomic E-state index is 0.0807. The number of rotatable bonds is 3. The van der Waals surface area contributed by atoms with Gasteiger partial charge >= 0.3 is 13.7 Å². The second-order valence-electron chi connectivity index (χ2n) is 2.29. The van der Waals surface area contributed by atoms with E-state index in [0.29, 0.717) is 0 Å². The van der Waals surface area contributed by atoms with Gasteiger partial charge in [-0.2, -0.15) is 8.78 Å². The summed E-state index contributed by atoms with van der Waals surface area (Å²) in [5.41, 5.74) is -0.0807. The van der Waals surface area contributed by atoms with Gasteiger partial charge in [0.25, 0.3) is 0 Å². The second-order valence-corrected chi connectivity index (χ2v) is 2.29. The number of para-hydroxylation sites is 1. The van der Waals surface area contributed by atoms with Crippen LogP contribution in [0.3, 0.4) is 0 Å². The lowest BCUT2D eigenvalue weighted by Crippen LogP contribution is -2.31. The lowest BCUT2D eigenvalue weighted by molar-refractivity contribution is -0.0492. The van der Waals surface area contributed by atoms with Crippen LogP contribution in [0.1, 0.15) is 0 Å². The number of hydrogen-bond acceptors (Lipinski definition) is 3. The molecule has 0 atom stereocenters. The zero-order valence-corrected chi connectivity index (χ0v) is 6.52. The van der Waals surface area contributed by atoms with Gasteiger partial charge in [-0.1, -0.05) is 18.2 Å². The molecule has 3 nitrogen and oxygen atoms in total. The van der Waals surface area contributed by atoms with E-state index in [9.17, 15) is 8.78 Å². The number of hydrogen-bond donors (Lipinski definition) is 2. The molecule has 0 aliphatic carbocycles. The highest BCUT2D eigenvalue weighted by Crippen LogP contribution is 2.10. The summed E-state index contributed by atoms with van der Waals surface area (Å²) >= 11 is 0. The second kappa shape index (κ2) is 4.20. The molecule has 0 saturated heterocycles. The summed E-state index contributed by atoms with van der Waals surface area (Å²) in [4.78, 5) is 0. The third-order valence-corrected chi connectivity index (χ3v) is 1.41. The van der Waals surface area contributed by atoms with Gasteiger partial charge in [-0.15, -0.1) is 0 Å². The first-order valence-corrected chi connectivity index (χ1v) is 3.51. The average Bonchev–Trinajstić information content (AvgIpc) is 2.03. The Kier molecular flexibility index (Phi) is 3.22. The monoisotopic (exact) mass is 188 g/mol. The van der Waals surface area contributed by atoms with E-state index < -0.39 is 13.7 Å². The predicted molar refractivity (Wildman–Crippen MR) is 42.9 cm³/mol. The van der Waals surface area contributed by atoms with Gasteiger partial charge in [0.2, 0.25) is 0 Å². The van der Waals surface area contributed by atoms with Crippen LogP contribution in [0.4, 0.5) is 8.78 Å². The number of halogens is 2. The summed E-state index contributed by atoms with van der Waals surface area (Å²) in [5, 5.41) is 17.5. The number of alkyl halides is 2. The molecule has 2 N–H and O–H groups in total. The average molecular weight is 188 g/mol. The summed E-state index contributed by atoms with van der Waals surface area (Å²) in [7, 11) is -1.81. The first kappa shape index (κ1) is 9.95. The Hall–Kier alpha value is -1.14. The SMILES string of the molecule is OB(O)c1ccccc1OC(F)F. The van der Waals surface area contributed by atoms with E-state index >= 15 is 0 Å². The number of ether oxygens (including phenoxy) is 1. The van der Waals surface area contributed by atoms with Gasteiger partial charge in [-0.05, 0) is 6.07 Å². The Labute approximate surface area is 73.7 Å². The van der Waals surface area contributed by atoms with Crippen LogP contribution in [-0.2, 0) is 0 Å². The lowest BCUT2D eigenvalue weighted by atomic mass is 9.80. The van der Waals surface area contributed by atoms with Crippen LogP contribution in [0.2, 0.25) is 0 Å². The van der Waals surface area contributed by atoms with Gasteiger partial charge in [0, 0.05) is 5.46 Å². The highest BCUT2D eigenvalue weighted by atomic mass is 19.3. The molecular formula is C7H7BF2O3. The van der Waals surface area contributed by atoms with Crippen LogP contribution >= 0.6 is 0 Å². The van der Waals surface area contributed by atoms with Gasteiger partial charge in [-0.3, -0.25) is 0 Å². The van der Waals surface area contributed by atoms with Gasteiger partial charge < -0.3 is 14.8 Å². The van der Waals surface area contributed by atoms with Crippen molar-refractivity contribution in [2.24, 2.45) is 0 Å². The molecule has 13 heavy (non-hydrogen) atoms. The maximum Gasteiger partial charge on any atom is 0.492 e. The molecule has 6 heteroatoms. The summed E-state index contributed by atoms with van der Waals surface area (Å²) in [5.74, 6) is -0.229. The molecule has 0 fully saturated rings. The third kappa shape index (κ3) is 2.68. The first-order chi connectivity index (χ1) is 6.11. The highest BCUT2D eigenvalue weighted by Gasteiger charge is 2.18. The van der Waals surface area contributed by atoms with Crippen molar-refractivity contribution in [1.82, 2.24) is 0 Å². The topological polar surface area (TPSA) is 49.7 Å². The van der Waals surface area contributed by atoms with Crippen LogP contribution in [-0.4, -0.2) is 23.8 Å². The minimum atomic E-state index is -2.97. The third-order valence-electron chi connectivity index (χ3n) is 1.41. The first-order valence-electron chi connectivity index (χ1n) is 3.51. The lowest BCUT2D eigenvalue weighted by Gasteiger charge is -2.08. The molecule has 70 valence electrons. The molecule has 0 aliphatic rings. The largest absolute Gasteiger partial charge is 0.492 e. The summed E-state index contributed by atoms with van der Waals surface area (Å²) in [6.07, 6.45) is 0. The molecule has 0 aromatic heterocycles. The van der Waals surface area contributed by atoms with Crippen molar-refractivity contribution >= 4 is 12.6 Å². The quantitative estimate of drug-likeness (QED) is 0.654. The van der Waals surface area contributed by atoms with Crippen LogP contribution in [0.15, 0.2) is 24.3 Å². The Balaban J connectivity index is 2.91. The normalized spacial score (nSPS) is 10.2. The standard InChI is InChI=1S/C7H7BF2O3/c9-7(10)13-6-4-2-1-3-5(6)8(11)12/h1-4,7,11-12H. The minimum Gasteiger partial charge on any atom is -0.435 e. The van der Waals surface area contributed by atoms with Gasteiger partial charge in [0.1, 0.15) is 5.75 Å². The van der Waals surface area contributed by atoms with Crippen molar-refractivity contribution in [3.63, 3.8) is 0 Å². The molecule has 0 heterocycles. The van der Waals surface area contributed by atoms with Gasteiger partial charge in [-0.25, -0.2) is 0 Å². The van der Waals surface area contributed by atoms with Crippen LogP contribution in [0.25, 0.3) is 0 Å². The van der Waals surface area contributed by atoms with Crippen molar-refractivity contribution in [2.45, 2.75) is 6.61 Å². The molecule has 0 saturated carbocycles. The molecule has 0 unspecified atom stereocenters. The zero-order valence-electron chi connectivity index (χ0n) is 6.52. The van der Waals surface area contributed by atoms with Crippen molar-refractivity contribution < 1.29 is 23.6 Å². The van der Waals surface area contributed by atoms with E-state index in [4.69, 9.17) is 10.0 Å². The number of benzene rings is 1. The van der Waals surface area contributed by atoms with E-state index in [1.54, 1.807) is 0 Å². The molecule has 0 bridgehead atoms. The molecule has 0 spiro atoms. The van der Waals surface area contributed by atoms with Gasteiger partial charge in [0.15, 0.2) is 0 Å². The molecule has 1 aromatic rings. The van der Waals surface area contributed by atoms with Crippen LogP contribution < -0.4 is 10.2 Å². The van der Waals surface area contributed by atoms with Crippen LogP contribution in [0.5, 0.6) is 5.75 Å². The maximum absolute atomic E-state index is 11.8. The smallest absolute Gasteiger partial charge is 0.435 e. The van der Waals surface area contributed by atoms with E-state index in [1.807, 2.05) is 0 Å². The fourth-order valence-electron chi connectivity index (χ4n) is 0.897. The van der Waals surface area contributed by atoms with E-state index in [-0.39, 0.29) is 11.2 Å². The van der Waals surface area contributed by atoms with Crippen molar-refractivity contribution in [2.75, 3.05) is 0 Å². The van der Waals surface area contributed by atoms with Gasteiger partial charge in [0.05, 0.1) is 0 Å². The molecule has 1 rings (SSSR count). The molecule has 0 aliphatic heterocycles. The summed E-state index contributed by atoms with van der Waals surface area (Å²) in [6.45, 7) is -2.97. The van der Waals surface area contributed by atoms with Crippen LogP contribution in [0, 0.1) is 0 Å². The van der Waals surface area contributed by atoms with Crippen molar-refractivity contribution in [3.05, 3.63) is 24.3 Å². The van der Waals surface area contributed by atoms with E-state index in [0.717, 1.165) is 0 Å². The fourth-order valence-corrected chi connectivity index (χ4v) is 0.897. The van der Waals surface area contributed by atoms with Crippen molar-refractivity contribution in [1.29, 1.82) is 0 Å². The molecular weight excluding hydrogens is 181 g/mol. The molecule has 0 amide bonds. The Morgan fingerprint density at radius 3 is 2.38 bits per heavy atom. The fraction of sp³-hybridized carbons (Fsp3) is 0.143. The Bertz CT molecular complexity index is 280. The predicted octanol–water partition coefficient (Wildman–Crippen LogP) is -0.0322. The molecule has 0 radical (unpaired) electrons. The summed E-state index contributed by atoms with van der Waals surface area (Å²) in [6, 6.07) is 5.49. The zero-order chi connectivity index (χ0) is 9.84. The van der Waals surface area contributed by atoms with E-state index in [2.05, 4.69) is 4.74 Å². The summed E-state index contributed by atoms with van der Waals surface area (Å²) < 4.78 is 27.6. The Morgan fingerprint density at radius 1 is 1.23 bits per heavy atom. The highest BCUT2D eigenvalue weighted by molar-refractivity contribution is 6.59. The van der Waals surface area contributed by atoms with Crippen molar-refractivity contribution in [3.8, 4) is 5.75 Å². The maximum atomic E-state index is 11.8. The van der Waals surface area contributed by atoms with E-state index in [1.165, 1.54) is 24.3 Å².